The van der Waals surface area contributed by atoms with Crippen molar-refractivity contribution in [1.29, 1.82) is 0 Å². The van der Waals surface area contributed by atoms with Gasteiger partial charge in [-0.05, 0) is 57.2 Å². The number of carbonyl (C=O) groups is 2. The fourth-order valence-electron chi connectivity index (χ4n) is 2.95. The van der Waals surface area contributed by atoms with Gasteiger partial charge in [-0.15, -0.1) is 10.2 Å². The molecular weight excluding hydrogens is 410 g/mol. The summed E-state index contributed by atoms with van der Waals surface area (Å²) >= 11 is 1.23. The fraction of sp³-hybridized carbons (Fsp3) is 0.333. The number of ketones is 1. The molecule has 1 aromatic heterocycles. The first kappa shape index (κ1) is 22.7. The smallest absolute Gasteiger partial charge is 0.277 e. The first-order valence-electron chi connectivity index (χ1n) is 10.1. The molecule has 1 heterocycles. The second-order valence-corrected chi connectivity index (χ2v) is 9.95. The van der Waals surface area contributed by atoms with Crippen molar-refractivity contribution in [1.82, 2.24) is 10.2 Å². The Kier molecular flexibility index (Phi) is 6.65. The molecule has 1 unspecified atom stereocenters. The summed E-state index contributed by atoms with van der Waals surface area (Å²) in [6.07, 6.45) is 0. The van der Waals surface area contributed by atoms with Gasteiger partial charge < -0.3 is 9.73 Å². The number of rotatable bonds is 6. The highest BCUT2D eigenvalue weighted by Gasteiger charge is 2.22. The van der Waals surface area contributed by atoms with Gasteiger partial charge in [-0.2, -0.15) is 0 Å². The molecule has 7 heteroatoms. The van der Waals surface area contributed by atoms with E-state index in [0.29, 0.717) is 22.4 Å². The molecule has 3 aromatic rings. The summed E-state index contributed by atoms with van der Waals surface area (Å²) in [6, 6.07) is 13.0. The second kappa shape index (κ2) is 9.06. The predicted molar refractivity (Wildman–Crippen MR) is 123 cm³/mol. The van der Waals surface area contributed by atoms with Crippen molar-refractivity contribution < 1.29 is 14.0 Å². The van der Waals surface area contributed by atoms with Crippen LogP contribution >= 0.6 is 11.8 Å². The van der Waals surface area contributed by atoms with E-state index in [1.807, 2.05) is 53.7 Å². The zero-order valence-corrected chi connectivity index (χ0v) is 19.5. The minimum Gasteiger partial charge on any atom is -0.411 e. The number of benzene rings is 2. The molecule has 0 aliphatic heterocycles. The standard InChI is InChI=1S/C24H27N3O3S/c1-14-11-15(2)13-18(12-14)21-26-27-23(30-21)31-16(3)20(28)17-7-9-19(10-8-17)25-22(29)24(4,5)6/h7-13,16H,1-6H3,(H,25,29). The van der Waals surface area contributed by atoms with Crippen LogP contribution in [0, 0.1) is 19.3 Å². The van der Waals surface area contributed by atoms with Crippen LogP contribution in [0.5, 0.6) is 0 Å². The summed E-state index contributed by atoms with van der Waals surface area (Å²) in [5.74, 6) is 0.309. The number of aromatic nitrogens is 2. The van der Waals surface area contributed by atoms with Gasteiger partial charge in [0.1, 0.15) is 0 Å². The van der Waals surface area contributed by atoms with E-state index in [9.17, 15) is 9.59 Å². The van der Waals surface area contributed by atoms with Crippen LogP contribution < -0.4 is 5.32 Å². The Bertz CT molecular complexity index is 1080. The van der Waals surface area contributed by atoms with E-state index < -0.39 is 10.7 Å². The minimum absolute atomic E-state index is 0.0511. The molecule has 0 saturated heterocycles. The third-order valence-corrected chi connectivity index (χ3v) is 5.56. The fourth-order valence-corrected chi connectivity index (χ4v) is 3.71. The number of nitrogens with zero attached hydrogens (tertiary/aromatic N) is 2. The van der Waals surface area contributed by atoms with Gasteiger partial charge in [0.25, 0.3) is 5.22 Å². The van der Waals surface area contributed by atoms with Crippen molar-refractivity contribution >= 4 is 29.1 Å². The largest absolute Gasteiger partial charge is 0.411 e. The Morgan fingerprint density at radius 3 is 2.19 bits per heavy atom. The van der Waals surface area contributed by atoms with Crippen LogP contribution in [0.4, 0.5) is 5.69 Å². The van der Waals surface area contributed by atoms with Gasteiger partial charge in [0, 0.05) is 22.2 Å². The van der Waals surface area contributed by atoms with Gasteiger partial charge in [-0.3, -0.25) is 9.59 Å². The molecule has 0 aliphatic carbocycles. The average Bonchev–Trinajstić information content (AvgIpc) is 3.15. The Labute approximate surface area is 186 Å². The van der Waals surface area contributed by atoms with E-state index >= 15 is 0 Å². The average molecular weight is 438 g/mol. The van der Waals surface area contributed by atoms with E-state index in [1.54, 1.807) is 24.3 Å². The number of hydrogen-bond donors (Lipinski definition) is 1. The highest BCUT2D eigenvalue weighted by molar-refractivity contribution is 8.00. The van der Waals surface area contributed by atoms with Crippen molar-refractivity contribution in [2.75, 3.05) is 5.32 Å². The molecule has 1 atom stereocenters. The van der Waals surface area contributed by atoms with Crippen LogP contribution in [0.25, 0.3) is 11.5 Å². The lowest BCUT2D eigenvalue weighted by molar-refractivity contribution is -0.123. The summed E-state index contributed by atoms with van der Waals surface area (Å²) in [7, 11) is 0. The molecule has 1 amide bonds. The van der Waals surface area contributed by atoms with Gasteiger partial charge in [0.2, 0.25) is 11.8 Å². The molecule has 0 saturated carbocycles. The number of hydrogen-bond acceptors (Lipinski definition) is 6. The summed E-state index contributed by atoms with van der Waals surface area (Å²) in [6.45, 7) is 11.4. The molecule has 0 radical (unpaired) electrons. The lowest BCUT2D eigenvalue weighted by atomic mass is 9.95. The number of aryl methyl sites for hydroxylation is 2. The van der Waals surface area contributed by atoms with E-state index in [1.165, 1.54) is 11.8 Å². The van der Waals surface area contributed by atoms with Crippen LogP contribution in [0.15, 0.2) is 52.1 Å². The van der Waals surface area contributed by atoms with Crippen molar-refractivity contribution in [2.24, 2.45) is 5.41 Å². The number of anilines is 1. The van der Waals surface area contributed by atoms with Crippen LogP contribution in [0.2, 0.25) is 0 Å². The normalized spacial score (nSPS) is 12.5. The Morgan fingerprint density at radius 2 is 1.61 bits per heavy atom. The number of nitrogens with one attached hydrogen (secondary N) is 1. The summed E-state index contributed by atoms with van der Waals surface area (Å²) < 4.78 is 5.77. The molecule has 0 fully saturated rings. The van der Waals surface area contributed by atoms with Gasteiger partial charge >= 0.3 is 0 Å². The maximum absolute atomic E-state index is 12.8. The van der Waals surface area contributed by atoms with E-state index in [4.69, 9.17) is 4.42 Å². The Morgan fingerprint density at radius 1 is 1.00 bits per heavy atom. The Balaban J connectivity index is 1.66. The highest BCUT2D eigenvalue weighted by atomic mass is 32.2. The van der Waals surface area contributed by atoms with Crippen LogP contribution in [0.3, 0.4) is 0 Å². The van der Waals surface area contributed by atoms with E-state index in [0.717, 1.165) is 16.7 Å². The summed E-state index contributed by atoms with van der Waals surface area (Å²) in [5.41, 5.74) is 3.83. The monoisotopic (exact) mass is 437 g/mol. The number of thioether (sulfide) groups is 1. The molecule has 2 aromatic carbocycles. The van der Waals surface area contributed by atoms with Gasteiger partial charge in [0.15, 0.2) is 5.78 Å². The maximum Gasteiger partial charge on any atom is 0.277 e. The van der Waals surface area contributed by atoms with Crippen LogP contribution in [-0.2, 0) is 4.79 Å². The highest BCUT2D eigenvalue weighted by Crippen LogP contribution is 2.29. The molecule has 1 N–H and O–H groups in total. The van der Waals surface area contributed by atoms with Gasteiger partial charge in [0.05, 0.1) is 5.25 Å². The van der Waals surface area contributed by atoms with Crippen molar-refractivity contribution in [3.05, 3.63) is 59.2 Å². The molecule has 0 spiro atoms. The number of Topliss-reactive ketones (excluding diaryl/α,β-unsaturated/α-hetero) is 1. The molecular formula is C24H27N3O3S. The van der Waals surface area contributed by atoms with Crippen molar-refractivity contribution in [3.8, 4) is 11.5 Å². The first-order chi connectivity index (χ1) is 14.5. The van der Waals surface area contributed by atoms with Crippen molar-refractivity contribution in [3.63, 3.8) is 0 Å². The first-order valence-corrected chi connectivity index (χ1v) is 11.0. The zero-order valence-electron chi connectivity index (χ0n) is 18.6. The molecule has 0 aliphatic rings. The second-order valence-electron chi connectivity index (χ2n) is 8.66. The van der Waals surface area contributed by atoms with Gasteiger partial charge in [-0.1, -0.05) is 49.7 Å². The van der Waals surface area contributed by atoms with Crippen molar-refractivity contribution in [2.45, 2.75) is 52.0 Å². The molecule has 3 rings (SSSR count). The number of amides is 1. The predicted octanol–water partition coefficient (Wildman–Crippen LogP) is 5.70. The lowest BCUT2D eigenvalue weighted by Crippen LogP contribution is -2.27. The Hall–Kier alpha value is -2.93. The van der Waals surface area contributed by atoms with Crippen LogP contribution in [0.1, 0.15) is 49.2 Å². The van der Waals surface area contributed by atoms with Crippen LogP contribution in [-0.4, -0.2) is 27.1 Å². The molecule has 31 heavy (non-hydrogen) atoms. The van der Waals surface area contributed by atoms with E-state index in [2.05, 4.69) is 21.6 Å². The quantitative estimate of drug-likeness (QED) is 0.393. The molecule has 162 valence electrons. The zero-order chi connectivity index (χ0) is 22.8. The molecule has 0 bridgehead atoms. The minimum atomic E-state index is -0.486. The van der Waals surface area contributed by atoms with E-state index in [-0.39, 0.29) is 11.7 Å². The maximum atomic E-state index is 12.8. The summed E-state index contributed by atoms with van der Waals surface area (Å²) in [4.78, 5) is 24.9. The number of carbonyl (C=O) groups excluding carboxylic acids is 2. The third kappa shape index (κ3) is 5.82. The van der Waals surface area contributed by atoms with Gasteiger partial charge in [-0.25, -0.2) is 0 Å². The SMILES string of the molecule is Cc1cc(C)cc(-c2nnc(SC(C)C(=O)c3ccc(NC(=O)C(C)(C)C)cc3)o2)c1. The lowest BCUT2D eigenvalue weighted by Gasteiger charge is -2.17. The third-order valence-electron chi connectivity index (χ3n) is 4.63. The topological polar surface area (TPSA) is 85.1 Å². The summed E-state index contributed by atoms with van der Waals surface area (Å²) in [5, 5.41) is 11.0. The molecule has 6 nitrogen and oxygen atoms in total.